The number of rotatable bonds is 1. The van der Waals surface area contributed by atoms with Crippen molar-refractivity contribution in [1.82, 2.24) is 4.90 Å². The number of likely N-dealkylation sites (tertiary alicyclic amines) is 1. The molecule has 0 aliphatic carbocycles. The van der Waals surface area contributed by atoms with E-state index in [9.17, 15) is 9.18 Å². The van der Waals surface area contributed by atoms with E-state index in [0.717, 1.165) is 13.1 Å². The first-order chi connectivity index (χ1) is 8.47. The molecule has 1 aromatic rings. The first-order valence-corrected chi connectivity index (χ1v) is 6.52. The Morgan fingerprint density at radius 3 is 2.44 bits per heavy atom. The van der Waals surface area contributed by atoms with Crippen molar-refractivity contribution >= 4 is 5.91 Å². The molecule has 1 heterocycles. The minimum atomic E-state index is -0.257. The molecule has 1 fully saturated rings. The minimum Gasteiger partial charge on any atom is -0.338 e. The first-order valence-electron chi connectivity index (χ1n) is 6.52. The zero-order valence-electron chi connectivity index (χ0n) is 11.2. The lowest BCUT2D eigenvalue weighted by Gasteiger charge is -2.35. The smallest absolute Gasteiger partial charge is 0.253 e. The van der Waals surface area contributed by atoms with Crippen LogP contribution in [-0.2, 0) is 0 Å². The van der Waals surface area contributed by atoms with Crippen LogP contribution in [0.25, 0.3) is 0 Å². The van der Waals surface area contributed by atoms with Crippen LogP contribution < -0.4 is 0 Å². The number of carbonyl (C=O) groups is 1. The Morgan fingerprint density at radius 2 is 1.89 bits per heavy atom. The predicted molar refractivity (Wildman–Crippen MR) is 70.0 cm³/mol. The average Bonchev–Trinajstić information content (AvgIpc) is 2.30. The Labute approximate surface area is 108 Å². The molecule has 1 aliphatic heterocycles. The van der Waals surface area contributed by atoms with E-state index in [0.29, 0.717) is 23.0 Å². The van der Waals surface area contributed by atoms with E-state index in [4.69, 9.17) is 0 Å². The van der Waals surface area contributed by atoms with Gasteiger partial charge in [0.25, 0.3) is 5.91 Å². The molecule has 2 rings (SSSR count). The number of hydrogen-bond donors (Lipinski definition) is 0. The van der Waals surface area contributed by atoms with Crippen LogP contribution in [0.2, 0.25) is 0 Å². The van der Waals surface area contributed by atoms with Crippen LogP contribution in [0.5, 0.6) is 0 Å². The van der Waals surface area contributed by atoms with Crippen molar-refractivity contribution in [3.8, 4) is 0 Å². The molecule has 2 nitrogen and oxygen atoms in total. The highest BCUT2D eigenvalue weighted by Crippen LogP contribution is 2.23. The van der Waals surface area contributed by atoms with Crippen molar-refractivity contribution in [3.63, 3.8) is 0 Å². The van der Waals surface area contributed by atoms with Crippen molar-refractivity contribution < 1.29 is 9.18 Å². The highest BCUT2D eigenvalue weighted by molar-refractivity contribution is 5.94. The fourth-order valence-corrected chi connectivity index (χ4v) is 2.79. The highest BCUT2D eigenvalue weighted by atomic mass is 19.1. The van der Waals surface area contributed by atoms with Gasteiger partial charge in [-0.05, 0) is 48.9 Å². The molecule has 3 heteroatoms. The van der Waals surface area contributed by atoms with Crippen LogP contribution in [-0.4, -0.2) is 23.9 Å². The van der Waals surface area contributed by atoms with E-state index >= 15 is 0 Å². The van der Waals surface area contributed by atoms with Gasteiger partial charge < -0.3 is 4.90 Å². The van der Waals surface area contributed by atoms with Crippen LogP contribution in [0, 0.1) is 24.6 Å². The van der Waals surface area contributed by atoms with E-state index in [1.54, 1.807) is 19.1 Å². The third-order valence-electron chi connectivity index (χ3n) is 3.56. The maximum absolute atomic E-state index is 13.2. The maximum atomic E-state index is 13.2. The van der Waals surface area contributed by atoms with Gasteiger partial charge >= 0.3 is 0 Å². The molecule has 1 aromatic carbocycles. The average molecular weight is 249 g/mol. The van der Waals surface area contributed by atoms with Crippen molar-refractivity contribution in [1.29, 1.82) is 0 Å². The molecule has 2 unspecified atom stereocenters. The Bertz CT molecular complexity index is 448. The molecular formula is C15H20FNO. The number of hydrogen-bond acceptors (Lipinski definition) is 1. The van der Waals surface area contributed by atoms with E-state index in [1.165, 1.54) is 12.5 Å². The predicted octanol–water partition coefficient (Wildman–Crippen LogP) is 3.25. The molecule has 1 aliphatic rings. The van der Waals surface area contributed by atoms with Gasteiger partial charge in [0.2, 0.25) is 0 Å². The van der Waals surface area contributed by atoms with Gasteiger partial charge in [-0.1, -0.05) is 13.8 Å². The van der Waals surface area contributed by atoms with Crippen molar-refractivity contribution in [2.24, 2.45) is 11.8 Å². The highest BCUT2D eigenvalue weighted by Gasteiger charge is 2.26. The molecule has 1 saturated heterocycles. The summed E-state index contributed by atoms with van der Waals surface area (Å²) in [6.07, 6.45) is 1.17. The zero-order chi connectivity index (χ0) is 13.3. The van der Waals surface area contributed by atoms with Crippen LogP contribution in [0.15, 0.2) is 18.2 Å². The molecule has 18 heavy (non-hydrogen) atoms. The van der Waals surface area contributed by atoms with E-state index < -0.39 is 0 Å². The Hall–Kier alpha value is -1.38. The van der Waals surface area contributed by atoms with Crippen LogP contribution in [0.1, 0.15) is 36.2 Å². The van der Waals surface area contributed by atoms with Crippen molar-refractivity contribution in [3.05, 3.63) is 35.1 Å². The van der Waals surface area contributed by atoms with Gasteiger partial charge in [-0.25, -0.2) is 4.39 Å². The lowest BCUT2D eigenvalue weighted by molar-refractivity contribution is 0.0623. The number of amides is 1. The third kappa shape index (κ3) is 2.71. The molecule has 98 valence electrons. The first kappa shape index (κ1) is 13.1. The van der Waals surface area contributed by atoms with Crippen LogP contribution >= 0.6 is 0 Å². The largest absolute Gasteiger partial charge is 0.338 e. The Morgan fingerprint density at radius 1 is 1.28 bits per heavy atom. The second-order valence-corrected chi connectivity index (χ2v) is 5.62. The van der Waals surface area contributed by atoms with Gasteiger partial charge in [0.15, 0.2) is 0 Å². The van der Waals surface area contributed by atoms with Crippen LogP contribution in [0.4, 0.5) is 4.39 Å². The molecule has 2 atom stereocenters. The summed E-state index contributed by atoms with van der Waals surface area (Å²) in [5.74, 6) is 0.849. The molecule has 0 aromatic heterocycles. The van der Waals surface area contributed by atoms with Gasteiger partial charge in [-0.2, -0.15) is 0 Å². The topological polar surface area (TPSA) is 20.3 Å². The summed E-state index contributed by atoms with van der Waals surface area (Å²) in [6.45, 7) is 7.64. The van der Waals surface area contributed by atoms with Crippen molar-refractivity contribution in [2.45, 2.75) is 27.2 Å². The number of aryl methyl sites for hydroxylation is 1. The number of halogens is 1. The number of carbonyl (C=O) groups excluding carboxylic acids is 1. The minimum absolute atomic E-state index is 0.0245. The van der Waals surface area contributed by atoms with Gasteiger partial charge in [0.05, 0.1) is 0 Å². The standard InChI is InChI=1S/C15H20FNO/c1-10-6-11(2)9-17(8-10)15(18)13-4-5-14(16)12(3)7-13/h4-5,7,10-11H,6,8-9H2,1-3H3. The third-order valence-corrected chi connectivity index (χ3v) is 3.56. The molecule has 0 bridgehead atoms. The van der Waals surface area contributed by atoms with E-state index in [-0.39, 0.29) is 11.7 Å². The van der Waals surface area contributed by atoms with E-state index in [2.05, 4.69) is 13.8 Å². The Kier molecular flexibility index (Phi) is 3.69. The Balaban J connectivity index is 2.17. The molecule has 0 saturated carbocycles. The van der Waals surface area contributed by atoms with Crippen molar-refractivity contribution in [2.75, 3.05) is 13.1 Å². The van der Waals surface area contributed by atoms with Gasteiger partial charge in [-0.15, -0.1) is 0 Å². The second kappa shape index (κ2) is 5.09. The van der Waals surface area contributed by atoms with Gasteiger partial charge in [0, 0.05) is 18.7 Å². The summed E-state index contributed by atoms with van der Waals surface area (Å²) in [7, 11) is 0. The fourth-order valence-electron chi connectivity index (χ4n) is 2.79. The molecule has 0 N–H and O–H groups in total. The summed E-state index contributed by atoms with van der Waals surface area (Å²) < 4.78 is 13.2. The maximum Gasteiger partial charge on any atom is 0.253 e. The molecule has 0 spiro atoms. The number of piperidine rings is 1. The summed E-state index contributed by atoms with van der Waals surface area (Å²) in [5.41, 5.74) is 1.12. The monoisotopic (exact) mass is 249 g/mol. The normalized spacial score (nSPS) is 24.1. The van der Waals surface area contributed by atoms with Gasteiger partial charge in [-0.3, -0.25) is 4.79 Å². The fraction of sp³-hybridized carbons (Fsp3) is 0.533. The lowest BCUT2D eigenvalue weighted by atomic mass is 9.91. The quantitative estimate of drug-likeness (QED) is 0.748. The van der Waals surface area contributed by atoms with Crippen LogP contribution in [0.3, 0.4) is 0 Å². The summed E-state index contributed by atoms with van der Waals surface area (Å²) in [6, 6.07) is 4.59. The zero-order valence-corrected chi connectivity index (χ0v) is 11.2. The molecular weight excluding hydrogens is 229 g/mol. The lowest BCUT2D eigenvalue weighted by Crippen LogP contribution is -2.42. The SMILES string of the molecule is Cc1cc(C(=O)N2CC(C)CC(C)C2)ccc1F. The summed E-state index contributed by atoms with van der Waals surface area (Å²) in [5, 5.41) is 0. The van der Waals surface area contributed by atoms with Gasteiger partial charge in [0.1, 0.15) is 5.82 Å². The molecule has 1 amide bonds. The van der Waals surface area contributed by atoms with E-state index in [1.807, 2.05) is 4.90 Å². The molecule has 0 radical (unpaired) electrons. The second-order valence-electron chi connectivity index (χ2n) is 5.62. The summed E-state index contributed by atoms with van der Waals surface area (Å²) >= 11 is 0. The number of benzene rings is 1. The number of nitrogens with zero attached hydrogens (tertiary/aromatic N) is 1. The summed E-state index contributed by atoms with van der Waals surface area (Å²) in [4.78, 5) is 14.3.